The van der Waals surface area contributed by atoms with Crippen molar-refractivity contribution < 1.29 is 54.3 Å². The van der Waals surface area contributed by atoms with Crippen LogP contribution in [-0.2, 0) is 34.6 Å². The van der Waals surface area contributed by atoms with E-state index < -0.39 is 58.6 Å². The van der Waals surface area contributed by atoms with Crippen LogP contribution in [-0.4, -0.2) is 39.0 Å². The van der Waals surface area contributed by atoms with Gasteiger partial charge in [-0.3, -0.25) is 0 Å². The van der Waals surface area contributed by atoms with E-state index in [1.807, 2.05) is 0 Å². The van der Waals surface area contributed by atoms with E-state index >= 15 is 0 Å². The summed E-state index contributed by atoms with van der Waals surface area (Å²) in [7, 11) is 0. The molecule has 0 N–H and O–H groups in total. The average Bonchev–Trinajstić information content (AvgIpc) is 2.45. The summed E-state index contributed by atoms with van der Waals surface area (Å²) in [5.74, 6) is 0. The molecule has 2 amide bonds. The summed E-state index contributed by atoms with van der Waals surface area (Å²) in [4.78, 5) is 46.2. The van der Waals surface area contributed by atoms with Crippen molar-refractivity contribution in [3.63, 3.8) is 0 Å². The summed E-state index contributed by atoms with van der Waals surface area (Å²) in [6.07, 6.45) is -1.89. The molecule has 13 heteroatoms. The zero-order valence-corrected chi connectivity index (χ0v) is 20.7. The van der Waals surface area contributed by atoms with Gasteiger partial charge in [0.1, 0.15) is 0 Å². The summed E-state index contributed by atoms with van der Waals surface area (Å²) >= 11 is -3.69. The van der Waals surface area contributed by atoms with Crippen molar-refractivity contribution in [1.82, 2.24) is 5.55 Å². The number of hydrogen-bond acceptors (Lipinski definition) is 8. The molecular formula is C12H22HgN4O8. The van der Waals surface area contributed by atoms with E-state index in [4.69, 9.17) is 9.47 Å². The van der Waals surface area contributed by atoms with Gasteiger partial charge in [0.15, 0.2) is 0 Å². The topological polar surface area (TPSA) is 145 Å². The van der Waals surface area contributed by atoms with Crippen LogP contribution >= 0.6 is 0 Å². The monoisotopic (exact) mass is 552 g/mol. The zero-order valence-electron chi connectivity index (χ0n) is 15.2. The molecule has 0 aliphatic rings. The zero-order chi connectivity index (χ0) is 20.0. The van der Waals surface area contributed by atoms with Gasteiger partial charge < -0.3 is 0 Å². The molecule has 0 heterocycles. The summed E-state index contributed by atoms with van der Waals surface area (Å²) in [5, 5.41) is 20.1. The SMILES string of the molecule is CCC(C)(C)OC(=O)[N]([Hg][N](C(=O)OC(C)(C)CC)[N+](=O)[O-])[N+](=O)[O-]. The van der Waals surface area contributed by atoms with Crippen molar-refractivity contribution >= 4 is 12.2 Å². The summed E-state index contributed by atoms with van der Waals surface area (Å²) in [5.41, 5.74) is -1.97. The maximum atomic E-state index is 12.0. The van der Waals surface area contributed by atoms with Crippen molar-refractivity contribution in [2.45, 2.75) is 65.6 Å². The van der Waals surface area contributed by atoms with Crippen molar-refractivity contribution in [3.8, 4) is 0 Å². The third-order valence-corrected chi connectivity index (χ3v) is 9.40. The van der Waals surface area contributed by atoms with Gasteiger partial charge in [-0.1, -0.05) is 0 Å². The summed E-state index contributed by atoms with van der Waals surface area (Å²) in [6, 6.07) is 0. The molecule has 0 saturated heterocycles. The third-order valence-electron chi connectivity index (χ3n) is 3.51. The Kier molecular flexibility index (Phi) is 8.48. The van der Waals surface area contributed by atoms with Crippen LogP contribution in [0.4, 0.5) is 9.59 Å². The van der Waals surface area contributed by atoms with E-state index in [-0.39, 0.29) is 5.55 Å². The molecule has 0 radical (unpaired) electrons. The Morgan fingerprint density at radius 1 is 0.880 bits per heavy atom. The number of nitrogens with zero attached hydrogens (tertiary/aromatic N) is 4. The van der Waals surface area contributed by atoms with E-state index in [2.05, 4.69) is 0 Å². The quantitative estimate of drug-likeness (QED) is 0.254. The first kappa shape index (κ1) is 23.3. The first-order chi connectivity index (χ1) is 11.3. The fourth-order valence-electron chi connectivity index (χ4n) is 1.20. The minimum absolute atomic E-state index is 0.0560. The molecule has 0 saturated carbocycles. The van der Waals surface area contributed by atoms with Crippen molar-refractivity contribution in [3.05, 3.63) is 20.2 Å². The standard InChI is InChI=1S/2C6H12N2O4.Hg/c2*1-4-6(2,3)12-5(9)7-8(10)11;/h2*4H2,1-3H3,(H,7,9);/q;;+2/p-2. The van der Waals surface area contributed by atoms with E-state index in [0.717, 1.165) is 0 Å². The van der Waals surface area contributed by atoms with Crippen molar-refractivity contribution in [2.75, 3.05) is 0 Å². The maximum absolute atomic E-state index is 12.0. The fourth-order valence-corrected chi connectivity index (χ4v) is 4.39. The Labute approximate surface area is 157 Å². The molecule has 0 aliphatic heterocycles. The van der Waals surface area contributed by atoms with Crippen LogP contribution in [0, 0.1) is 20.2 Å². The van der Waals surface area contributed by atoms with Gasteiger partial charge in [-0.05, 0) is 0 Å². The van der Waals surface area contributed by atoms with Crippen LogP contribution in [0.15, 0.2) is 0 Å². The minimum atomic E-state index is -3.69. The average molecular weight is 551 g/mol. The Bertz CT molecular complexity index is 493. The molecule has 0 unspecified atom stereocenters. The molecule has 0 spiro atoms. The van der Waals surface area contributed by atoms with E-state index in [9.17, 15) is 29.8 Å². The van der Waals surface area contributed by atoms with Gasteiger partial charge in [0, 0.05) is 0 Å². The van der Waals surface area contributed by atoms with Gasteiger partial charge in [0.05, 0.1) is 0 Å². The van der Waals surface area contributed by atoms with Crippen LogP contribution in [0.3, 0.4) is 0 Å². The van der Waals surface area contributed by atoms with Gasteiger partial charge in [0.2, 0.25) is 0 Å². The van der Waals surface area contributed by atoms with Gasteiger partial charge in [-0.15, -0.1) is 0 Å². The molecule has 0 fully saturated rings. The number of ether oxygens (including phenoxy) is 2. The van der Waals surface area contributed by atoms with Crippen LogP contribution < -0.4 is 0 Å². The van der Waals surface area contributed by atoms with Crippen LogP contribution in [0.25, 0.3) is 0 Å². The second kappa shape index (κ2) is 9.11. The number of rotatable bonds is 8. The number of hydrogen-bond donors (Lipinski definition) is 0. The molecular weight excluding hydrogens is 529 g/mol. The van der Waals surface area contributed by atoms with Gasteiger partial charge in [-0.25, -0.2) is 0 Å². The molecule has 0 atom stereocenters. The molecule has 0 aromatic rings. The molecule has 25 heavy (non-hydrogen) atoms. The van der Waals surface area contributed by atoms with Gasteiger partial charge >= 0.3 is 158 Å². The van der Waals surface area contributed by atoms with E-state index in [0.29, 0.717) is 12.8 Å². The molecule has 0 bridgehead atoms. The van der Waals surface area contributed by atoms with Crippen molar-refractivity contribution in [1.29, 1.82) is 0 Å². The first-order valence-corrected chi connectivity index (χ1v) is 12.5. The Balaban J connectivity index is 5.35. The molecule has 140 valence electrons. The normalized spacial score (nSPS) is 11.1. The molecule has 0 aromatic carbocycles. The fraction of sp³-hybridized carbons (Fsp3) is 0.833. The van der Waals surface area contributed by atoms with Crippen molar-refractivity contribution in [2.24, 2.45) is 0 Å². The van der Waals surface area contributed by atoms with E-state index in [1.165, 1.54) is 0 Å². The molecule has 0 aliphatic carbocycles. The number of hydrazine groups is 2. The number of amides is 2. The van der Waals surface area contributed by atoms with E-state index in [1.54, 1.807) is 41.5 Å². The molecule has 12 nitrogen and oxygen atoms in total. The number of carbonyl (C=O) groups excluding carboxylic acids is 2. The summed E-state index contributed by atoms with van der Waals surface area (Å²) < 4.78 is 10.1. The third kappa shape index (κ3) is 7.79. The predicted octanol–water partition coefficient (Wildman–Crippen LogP) is 2.54. The van der Waals surface area contributed by atoms with Gasteiger partial charge in [0.25, 0.3) is 0 Å². The Morgan fingerprint density at radius 2 is 1.16 bits per heavy atom. The second-order valence-corrected chi connectivity index (χ2v) is 12.1. The Hall–Kier alpha value is -1.72. The number of nitro groups is 2. The number of carbonyl (C=O) groups is 2. The first-order valence-electron chi connectivity index (χ1n) is 7.56. The summed E-state index contributed by atoms with van der Waals surface area (Å²) in [6.45, 7) is 9.60. The van der Waals surface area contributed by atoms with Crippen LogP contribution in [0.5, 0.6) is 0 Å². The Morgan fingerprint density at radius 3 is 1.36 bits per heavy atom. The molecule has 0 rings (SSSR count). The predicted molar refractivity (Wildman–Crippen MR) is 79.4 cm³/mol. The van der Waals surface area contributed by atoms with Crippen LogP contribution in [0.2, 0.25) is 0 Å². The second-order valence-electron chi connectivity index (χ2n) is 6.38. The molecule has 0 aromatic heterocycles. The van der Waals surface area contributed by atoms with Crippen LogP contribution in [0.1, 0.15) is 54.4 Å². The van der Waals surface area contributed by atoms with Gasteiger partial charge in [-0.2, -0.15) is 0 Å².